The van der Waals surface area contributed by atoms with Crippen LogP contribution in [0.3, 0.4) is 0 Å². The van der Waals surface area contributed by atoms with Crippen LogP contribution in [0.15, 0.2) is 18.5 Å². The third kappa shape index (κ3) is 1.31. The van der Waals surface area contributed by atoms with Crippen molar-refractivity contribution >= 4 is 23.5 Å². The Hall–Kier alpha value is -1.35. The highest BCUT2D eigenvalue weighted by Gasteiger charge is 2.03. The Balaban J connectivity index is 2.82. The molecule has 3 nitrogen and oxygen atoms in total. The molecule has 0 unspecified atom stereocenters. The van der Waals surface area contributed by atoms with Crippen LogP contribution in [0.1, 0.15) is 16.1 Å². The van der Waals surface area contributed by atoms with Crippen molar-refractivity contribution in [2.45, 2.75) is 6.92 Å². The van der Waals surface area contributed by atoms with Crippen molar-refractivity contribution in [3.8, 4) is 0 Å². The van der Waals surface area contributed by atoms with Crippen LogP contribution in [-0.4, -0.2) is 15.7 Å². The minimum Gasteiger partial charge on any atom is -0.305 e. The zero-order valence-corrected chi connectivity index (χ0v) is 7.75. The average molecular weight is 195 g/mol. The summed E-state index contributed by atoms with van der Waals surface area (Å²) in [5.41, 5.74) is 2.15. The maximum atomic E-state index is 10.5. The number of aromatic nitrogens is 2. The largest absolute Gasteiger partial charge is 0.305 e. The first-order chi connectivity index (χ1) is 6.20. The van der Waals surface area contributed by atoms with Gasteiger partial charge in [0.1, 0.15) is 11.3 Å². The van der Waals surface area contributed by atoms with Crippen LogP contribution in [0.5, 0.6) is 0 Å². The third-order valence-corrected chi connectivity index (χ3v) is 2.05. The van der Waals surface area contributed by atoms with Crippen molar-refractivity contribution in [1.29, 1.82) is 0 Å². The maximum Gasteiger partial charge on any atom is 0.170 e. The second-order valence-corrected chi connectivity index (χ2v) is 3.29. The van der Waals surface area contributed by atoms with Gasteiger partial charge in [0.25, 0.3) is 0 Å². The van der Waals surface area contributed by atoms with E-state index in [4.69, 9.17) is 11.6 Å². The summed E-state index contributed by atoms with van der Waals surface area (Å²) in [4.78, 5) is 14.6. The second-order valence-electron chi connectivity index (χ2n) is 2.86. The van der Waals surface area contributed by atoms with Gasteiger partial charge in [-0.3, -0.25) is 4.79 Å². The van der Waals surface area contributed by atoms with Crippen LogP contribution in [0.25, 0.3) is 5.65 Å². The molecule has 2 aromatic rings. The molecule has 0 spiro atoms. The van der Waals surface area contributed by atoms with E-state index in [1.54, 1.807) is 16.8 Å². The highest BCUT2D eigenvalue weighted by molar-refractivity contribution is 6.30. The molecule has 0 aliphatic heterocycles. The summed E-state index contributed by atoms with van der Waals surface area (Å²) < 4.78 is 1.75. The molecule has 0 aromatic carbocycles. The van der Waals surface area contributed by atoms with Gasteiger partial charge in [0.15, 0.2) is 6.29 Å². The van der Waals surface area contributed by atoms with Crippen LogP contribution < -0.4 is 0 Å². The van der Waals surface area contributed by atoms with Gasteiger partial charge < -0.3 is 4.40 Å². The summed E-state index contributed by atoms with van der Waals surface area (Å²) in [6.07, 6.45) is 4.10. The Morgan fingerprint density at radius 1 is 1.54 bits per heavy atom. The van der Waals surface area contributed by atoms with Crippen LogP contribution >= 0.6 is 11.6 Å². The molecule has 0 bridgehead atoms. The number of imidazole rings is 1. The Labute approximate surface area is 80.0 Å². The van der Waals surface area contributed by atoms with Gasteiger partial charge in [0.05, 0.1) is 5.02 Å². The molecule has 0 amide bonds. The number of rotatable bonds is 1. The van der Waals surface area contributed by atoms with E-state index in [0.29, 0.717) is 10.7 Å². The standard InChI is InChI=1S/C9H7ClN2O/c1-6-2-7(10)3-12-4-8(5-13)11-9(6)12/h2-5H,1H3. The number of aldehydes is 1. The lowest BCUT2D eigenvalue weighted by Gasteiger charge is -1.97. The van der Waals surface area contributed by atoms with E-state index in [1.165, 1.54) is 0 Å². The Morgan fingerprint density at radius 3 is 3.00 bits per heavy atom. The topological polar surface area (TPSA) is 34.4 Å². The number of hydrogen-bond acceptors (Lipinski definition) is 2. The summed E-state index contributed by atoms with van der Waals surface area (Å²) in [5, 5.41) is 0.639. The Kier molecular flexibility index (Phi) is 1.81. The minimum absolute atomic E-state index is 0.422. The number of carbonyl (C=O) groups is 1. The lowest BCUT2D eigenvalue weighted by atomic mass is 10.3. The number of fused-ring (bicyclic) bond motifs is 1. The molecule has 2 aromatic heterocycles. The first kappa shape index (κ1) is 8.26. The van der Waals surface area contributed by atoms with Gasteiger partial charge >= 0.3 is 0 Å². The minimum atomic E-state index is 0.422. The molecule has 0 N–H and O–H groups in total. The molecule has 0 atom stereocenters. The van der Waals surface area contributed by atoms with Gasteiger partial charge in [-0.05, 0) is 18.6 Å². The van der Waals surface area contributed by atoms with Gasteiger partial charge in [0, 0.05) is 12.4 Å². The summed E-state index contributed by atoms with van der Waals surface area (Å²) in [5.74, 6) is 0. The Morgan fingerprint density at radius 2 is 2.31 bits per heavy atom. The lowest BCUT2D eigenvalue weighted by molar-refractivity contribution is 0.111. The second kappa shape index (κ2) is 2.85. The summed E-state index contributed by atoms with van der Waals surface area (Å²) in [6, 6.07) is 1.82. The van der Waals surface area contributed by atoms with Gasteiger partial charge in [0.2, 0.25) is 0 Å². The number of pyridine rings is 1. The van der Waals surface area contributed by atoms with Crippen LogP contribution in [0.4, 0.5) is 0 Å². The molecule has 0 saturated carbocycles. The molecule has 0 aliphatic carbocycles. The van der Waals surface area contributed by atoms with Crippen LogP contribution in [0, 0.1) is 6.92 Å². The van der Waals surface area contributed by atoms with Gasteiger partial charge in [-0.2, -0.15) is 0 Å². The fourth-order valence-electron chi connectivity index (χ4n) is 1.30. The van der Waals surface area contributed by atoms with E-state index in [2.05, 4.69) is 4.98 Å². The molecule has 2 rings (SSSR count). The number of carbonyl (C=O) groups excluding carboxylic acids is 1. The van der Waals surface area contributed by atoms with Crippen molar-refractivity contribution < 1.29 is 4.79 Å². The van der Waals surface area contributed by atoms with Crippen LogP contribution in [0.2, 0.25) is 5.02 Å². The fraction of sp³-hybridized carbons (Fsp3) is 0.111. The SMILES string of the molecule is Cc1cc(Cl)cn2cc(C=O)nc12. The van der Waals surface area contributed by atoms with Gasteiger partial charge in [-0.1, -0.05) is 11.6 Å². The average Bonchev–Trinajstić information content (AvgIpc) is 2.47. The molecule has 0 fully saturated rings. The summed E-state index contributed by atoms with van der Waals surface area (Å²) in [6.45, 7) is 1.91. The normalized spacial score (nSPS) is 10.6. The molecule has 0 radical (unpaired) electrons. The third-order valence-electron chi connectivity index (χ3n) is 1.84. The van der Waals surface area contributed by atoms with E-state index < -0.39 is 0 Å². The van der Waals surface area contributed by atoms with E-state index in [0.717, 1.165) is 17.5 Å². The molecular formula is C9H7ClN2O. The van der Waals surface area contributed by atoms with Crippen molar-refractivity contribution in [2.24, 2.45) is 0 Å². The van der Waals surface area contributed by atoms with E-state index in [1.807, 2.05) is 13.0 Å². The van der Waals surface area contributed by atoms with Crippen LogP contribution in [-0.2, 0) is 0 Å². The molecule has 0 aliphatic rings. The predicted octanol–water partition coefficient (Wildman–Crippen LogP) is 2.11. The molecule has 13 heavy (non-hydrogen) atoms. The van der Waals surface area contributed by atoms with Crippen molar-refractivity contribution in [1.82, 2.24) is 9.38 Å². The van der Waals surface area contributed by atoms with Crippen molar-refractivity contribution in [2.75, 3.05) is 0 Å². The molecular weight excluding hydrogens is 188 g/mol. The molecule has 0 saturated heterocycles. The summed E-state index contributed by atoms with van der Waals surface area (Å²) in [7, 11) is 0. The lowest BCUT2D eigenvalue weighted by Crippen LogP contribution is -1.85. The number of aryl methyl sites for hydroxylation is 1. The highest BCUT2D eigenvalue weighted by atomic mass is 35.5. The maximum absolute atomic E-state index is 10.5. The quantitative estimate of drug-likeness (QED) is 0.652. The van der Waals surface area contributed by atoms with E-state index in [9.17, 15) is 4.79 Å². The predicted molar refractivity (Wildman–Crippen MR) is 50.3 cm³/mol. The summed E-state index contributed by atoms with van der Waals surface area (Å²) >= 11 is 5.84. The van der Waals surface area contributed by atoms with Gasteiger partial charge in [-0.15, -0.1) is 0 Å². The van der Waals surface area contributed by atoms with Gasteiger partial charge in [-0.25, -0.2) is 4.98 Å². The van der Waals surface area contributed by atoms with E-state index >= 15 is 0 Å². The zero-order valence-electron chi connectivity index (χ0n) is 6.99. The fourth-order valence-corrected chi connectivity index (χ4v) is 1.57. The van der Waals surface area contributed by atoms with Crippen molar-refractivity contribution in [3.05, 3.63) is 34.7 Å². The zero-order chi connectivity index (χ0) is 9.42. The number of hydrogen-bond donors (Lipinski definition) is 0. The van der Waals surface area contributed by atoms with E-state index in [-0.39, 0.29) is 0 Å². The first-order valence-electron chi connectivity index (χ1n) is 3.81. The number of halogens is 1. The molecule has 4 heteroatoms. The first-order valence-corrected chi connectivity index (χ1v) is 4.18. The number of nitrogens with zero attached hydrogens (tertiary/aromatic N) is 2. The van der Waals surface area contributed by atoms with Crippen molar-refractivity contribution in [3.63, 3.8) is 0 Å². The molecule has 2 heterocycles. The smallest absolute Gasteiger partial charge is 0.170 e. The Bertz CT molecular complexity index is 476. The monoisotopic (exact) mass is 194 g/mol. The highest BCUT2D eigenvalue weighted by Crippen LogP contribution is 2.15. The molecule has 66 valence electrons.